The van der Waals surface area contributed by atoms with Gasteiger partial charge in [0.15, 0.2) is 5.69 Å². The number of nitrogens with zero attached hydrogens (tertiary/aromatic N) is 4. The second-order valence-electron chi connectivity index (χ2n) is 5.89. The number of thioether (sulfide) groups is 1. The lowest BCUT2D eigenvalue weighted by Gasteiger charge is -2.18. The van der Waals surface area contributed by atoms with Crippen LogP contribution in [0.1, 0.15) is 31.7 Å². The van der Waals surface area contributed by atoms with Crippen molar-refractivity contribution in [3.63, 3.8) is 0 Å². The first-order valence-corrected chi connectivity index (χ1v) is 9.64. The number of para-hydroxylation sites is 1. The molecule has 132 valence electrons. The quantitative estimate of drug-likeness (QED) is 0.533. The number of rotatable bonds is 5. The minimum atomic E-state index is -0.441. The molecule has 26 heavy (non-hydrogen) atoms. The van der Waals surface area contributed by atoms with E-state index >= 15 is 0 Å². The first-order chi connectivity index (χ1) is 12.8. The van der Waals surface area contributed by atoms with Crippen LogP contribution in [0.4, 0.5) is 5.69 Å². The SMILES string of the molecule is CCCCSc1nnc2c(n1)O[C@@H](c1ccccn1)Nc1ccccc1-2. The molecular formula is C19H19N5OS. The normalized spacial score (nSPS) is 15.2. The molecule has 0 bridgehead atoms. The fraction of sp³-hybridized carbons (Fsp3) is 0.263. The third kappa shape index (κ3) is 3.48. The average Bonchev–Trinajstić information content (AvgIpc) is 2.85. The van der Waals surface area contributed by atoms with Crippen molar-refractivity contribution in [1.82, 2.24) is 20.2 Å². The van der Waals surface area contributed by atoms with Gasteiger partial charge in [-0.15, -0.1) is 10.2 Å². The smallest absolute Gasteiger partial charge is 0.247 e. The highest BCUT2D eigenvalue weighted by Gasteiger charge is 2.26. The molecule has 1 aromatic carbocycles. The number of benzene rings is 1. The summed E-state index contributed by atoms with van der Waals surface area (Å²) in [6, 6.07) is 13.7. The van der Waals surface area contributed by atoms with Gasteiger partial charge in [-0.2, -0.15) is 4.98 Å². The number of pyridine rings is 1. The van der Waals surface area contributed by atoms with Crippen LogP contribution in [0.2, 0.25) is 0 Å². The molecule has 6 nitrogen and oxygen atoms in total. The molecule has 0 saturated heterocycles. The molecule has 0 radical (unpaired) electrons. The molecule has 0 aliphatic carbocycles. The zero-order valence-electron chi connectivity index (χ0n) is 14.4. The summed E-state index contributed by atoms with van der Waals surface area (Å²) in [7, 11) is 0. The summed E-state index contributed by atoms with van der Waals surface area (Å²) in [5.74, 6) is 1.45. The summed E-state index contributed by atoms with van der Waals surface area (Å²) in [5.41, 5.74) is 3.27. The predicted octanol–water partition coefficient (Wildman–Crippen LogP) is 4.33. The van der Waals surface area contributed by atoms with E-state index in [-0.39, 0.29) is 0 Å². The Labute approximate surface area is 156 Å². The van der Waals surface area contributed by atoms with Crippen LogP contribution in [0.15, 0.2) is 53.8 Å². The van der Waals surface area contributed by atoms with E-state index in [0.29, 0.717) is 16.7 Å². The van der Waals surface area contributed by atoms with Crippen molar-refractivity contribution >= 4 is 17.4 Å². The van der Waals surface area contributed by atoms with Crippen molar-refractivity contribution < 1.29 is 4.74 Å². The van der Waals surface area contributed by atoms with E-state index in [1.807, 2.05) is 42.5 Å². The molecule has 0 spiro atoms. The molecule has 0 fully saturated rings. The maximum absolute atomic E-state index is 6.17. The van der Waals surface area contributed by atoms with E-state index in [4.69, 9.17) is 4.74 Å². The van der Waals surface area contributed by atoms with Gasteiger partial charge in [-0.05, 0) is 24.6 Å². The van der Waals surface area contributed by atoms with E-state index < -0.39 is 6.23 Å². The summed E-state index contributed by atoms with van der Waals surface area (Å²) in [6.07, 6.45) is 3.57. The molecule has 4 rings (SSSR count). The van der Waals surface area contributed by atoms with E-state index in [1.54, 1.807) is 18.0 Å². The van der Waals surface area contributed by atoms with Crippen LogP contribution in [-0.2, 0) is 0 Å². The van der Waals surface area contributed by atoms with Crippen LogP contribution in [0, 0.1) is 0 Å². The van der Waals surface area contributed by atoms with Crippen molar-refractivity contribution in [1.29, 1.82) is 0 Å². The van der Waals surface area contributed by atoms with Crippen molar-refractivity contribution in [2.75, 3.05) is 11.1 Å². The molecule has 7 heteroatoms. The number of ether oxygens (including phenoxy) is 1. The van der Waals surface area contributed by atoms with Gasteiger partial charge in [-0.25, -0.2) is 0 Å². The van der Waals surface area contributed by atoms with Gasteiger partial charge in [0, 0.05) is 23.2 Å². The van der Waals surface area contributed by atoms with Crippen molar-refractivity contribution in [3.05, 3.63) is 54.4 Å². The largest absolute Gasteiger partial charge is 0.446 e. The number of hydrogen-bond acceptors (Lipinski definition) is 7. The summed E-state index contributed by atoms with van der Waals surface area (Å²) in [4.78, 5) is 9.04. The van der Waals surface area contributed by atoms with Gasteiger partial charge in [0.2, 0.25) is 17.3 Å². The van der Waals surface area contributed by atoms with Gasteiger partial charge in [0.1, 0.15) is 5.69 Å². The highest BCUT2D eigenvalue weighted by molar-refractivity contribution is 7.99. The second kappa shape index (κ2) is 7.70. The van der Waals surface area contributed by atoms with Gasteiger partial charge in [0.05, 0.1) is 0 Å². The number of hydrogen-bond donors (Lipinski definition) is 1. The lowest BCUT2D eigenvalue weighted by atomic mass is 10.1. The molecule has 2 aromatic heterocycles. The third-order valence-corrected chi connectivity index (χ3v) is 4.94. The maximum atomic E-state index is 6.17. The fourth-order valence-corrected chi connectivity index (χ4v) is 3.54. The van der Waals surface area contributed by atoms with Crippen LogP contribution >= 0.6 is 11.8 Å². The minimum Gasteiger partial charge on any atom is -0.446 e. The fourth-order valence-electron chi connectivity index (χ4n) is 2.68. The lowest BCUT2D eigenvalue weighted by Crippen LogP contribution is -2.18. The van der Waals surface area contributed by atoms with E-state index in [9.17, 15) is 0 Å². The summed E-state index contributed by atoms with van der Waals surface area (Å²) in [6.45, 7) is 2.17. The average molecular weight is 365 g/mol. The van der Waals surface area contributed by atoms with Crippen molar-refractivity contribution in [2.24, 2.45) is 0 Å². The second-order valence-corrected chi connectivity index (χ2v) is 6.95. The highest BCUT2D eigenvalue weighted by atomic mass is 32.2. The van der Waals surface area contributed by atoms with Crippen LogP contribution in [-0.4, -0.2) is 25.9 Å². The van der Waals surface area contributed by atoms with Crippen molar-refractivity contribution in [2.45, 2.75) is 31.1 Å². The molecule has 0 unspecified atom stereocenters. The minimum absolute atomic E-state index is 0.441. The number of aromatic nitrogens is 4. The topological polar surface area (TPSA) is 72.8 Å². The lowest BCUT2D eigenvalue weighted by molar-refractivity contribution is 0.220. The predicted molar refractivity (Wildman–Crippen MR) is 102 cm³/mol. The molecule has 3 heterocycles. The molecule has 3 aromatic rings. The molecule has 0 amide bonds. The Hall–Kier alpha value is -2.67. The molecular weight excluding hydrogens is 346 g/mol. The number of fused-ring (bicyclic) bond motifs is 3. The molecule has 1 aliphatic rings. The first kappa shape index (κ1) is 16.8. The number of nitrogens with one attached hydrogen (secondary N) is 1. The Kier molecular flexibility index (Phi) is 4.97. The zero-order chi connectivity index (χ0) is 17.8. The third-order valence-electron chi connectivity index (χ3n) is 4.02. The highest BCUT2D eigenvalue weighted by Crippen LogP contribution is 2.39. The summed E-state index contributed by atoms with van der Waals surface area (Å²) in [5, 5.41) is 12.7. The first-order valence-electron chi connectivity index (χ1n) is 8.66. The number of anilines is 1. The van der Waals surface area contributed by atoms with Gasteiger partial charge < -0.3 is 10.1 Å². The van der Waals surface area contributed by atoms with Crippen LogP contribution < -0.4 is 10.1 Å². The number of unbranched alkanes of at least 4 members (excludes halogenated alkanes) is 1. The van der Waals surface area contributed by atoms with E-state index in [2.05, 4.69) is 32.4 Å². The van der Waals surface area contributed by atoms with Crippen LogP contribution in [0.5, 0.6) is 5.88 Å². The Morgan fingerprint density at radius 3 is 2.85 bits per heavy atom. The molecule has 1 aliphatic heterocycles. The Morgan fingerprint density at radius 2 is 2.00 bits per heavy atom. The Balaban J connectivity index is 1.74. The summed E-state index contributed by atoms with van der Waals surface area (Å²) >= 11 is 1.60. The van der Waals surface area contributed by atoms with E-state index in [0.717, 1.165) is 35.5 Å². The maximum Gasteiger partial charge on any atom is 0.247 e. The van der Waals surface area contributed by atoms with Gasteiger partial charge in [-0.1, -0.05) is 49.4 Å². The standard InChI is InChI=1S/C19H19N5OS/c1-2-3-12-26-19-22-18-16(23-24-19)13-8-4-5-9-14(13)21-17(25-18)15-10-6-7-11-20-15/h4-11,17,21H,2-3,12H2,1H3/t17-/m0/s1. The van der Waals surface area contributed by atoms with Gasteiger partial charge in [-0.3, -0.25) is 4.98 Å². The molecule has 0 saturated carbocycles. The Bertz CT molecular complexity index is 890. The molecule has 1 N–H and O–H groups in total. The van der Waals surface area contributed by atoms with E-state index in [1.165, 1.54) is 0 Å². The van der Waals surface area contributed by atoms with Gasteiger partial charge in [0.25, 0.3) is 0 Å². The zero-order valence-corrected chi connectivity index (χ0v) is 15.2. The monoisotopic (exact) mass is 365 g/mol. The van der Waals surface area contributed by atoms with Gasteiger partial charge >= 0.3 is 0 Å². The molecule has 1 atom stereocenters. The van der Waals surface area contributed by atoms with Crippen LogP contribution in [0.3, 0.4) is 0 Å². The summed E-state index contributed by atoms with van der Waals surface area (Å²) < 4.78 is 6.17. The Morgan fingerprint density at radius 1 is 1.12 bits per heavy atom. The van der Waals surface area contributed by atoms with Crippen LogP contribution in [0.25, 0.3) is 11.3 Å². The van der Waals surface area contributed by atoms with Crippen molar-refractivity contribution in [3.8, 4) is 17.1 Å².